The summed E-state index contributed by atoms with van der Waals surface area (Å²) in [6, 6.07) is 7.88. The summed E-state index contributed by atoms with van der Waals surface area (Å²) in [7, 11) is 7.09. The predicted molar refractivity (Wildman–Crippen MR) is 115 cm³/mol. The average Bonchev–Trinajstić information content (AvgIpc) is 2.79. The Morgan fingerprint density at radius 3 is 2.00 bits per heavy atom. The number of hydrogen-bond donors (Lipinski definition) is 0. The summed E-state index contributed by atoms with van der Waals surface area (Å²) in [6.45, 7) is 1.53. The van der Waals surface area contributed by atoms with Gasteiger partial charge in [0.25, 0.3) is 0 Å². The van der Waals surface area contributed by atoms with Crippen LogP contribution in [0, 0.1) is 0 Å². The molecule has 9 heteroatoms. The van der Waals surface area contributed by atoms with Crippen LogP contribution in [-0.2, 0) is 4.79 Å². The van der Waals surface area contributed by atoms with E-state index in [0.717, 1.165) is 17.8 Å². The van der Waals surface area contributed by atoms with Gasteiger partial charge in [-0.05, 0) is 46.8 Å². The van der Waals surface area contributed by atoms with E-state index in [2.05, 4.69) is 0 Å². The number of fused-ring (bicyclic) bond motifs is 3. The van der Waals surface area contributed by atoms with Gasteiger partial charge in [0, 0.05) is 12.4 Å². The summed E-state index contributed by atoms with van der Waals surface area (Å²) in [5.74, 6) is -0.167. The van der Waals surface area contributed by atoms with E-state index in [1.165, 1.54) is 35.4 Å². The van der Waals surface area contributed by atoms with Crippen molar-refractivity contribution in [3.8, 4) is 23.0 Å². The van der Waals surface area contributed by atoms with E-state index < -0.39 is 18.1 Å². The van der Waals surface area contributed by atoms with Gasteiger partial charge in [0.15, 0.2) is 23.0 Å². The lowest BCUT2D eigenvalue weighted by Crippen LogP contribution is -2.39. The van der Waals surface area contributed by atoms with Crippen LogP contribution in [-0.4, -0.2) is 52.5 Å². The van der Waals surface area contributed by atoms with Crippen molar-refractivity contribution >= 4 is 27.5 Å². The maximum Gasteiger partial charge on any atom is 0.471 e. The number of hydrogen-bond acceptors (Lipinski definition) is 5. The van der Waals surface area contributed by atoms with Crippen molar-refractivity contribution in [3.63, 3.8) is 0 Å². The molecule has 0 spiro atoms. The van der Waals surface area contributed by atoms with Gasteiger partial charge in [-0.15, -0.1) is 0 Å². The van der Waals surface area contributed by atoms with E-state index in [1.54, 1.807) is 24.3 Å². The Balaban J connectivity index is 2.38. The molecule has 0 bridgehead atoms. The maximum absolute atomic E-state index is 13.1. The number of nitrogens with zero attached hydrogens (tertiary/aromatic N) is 1. The molecule has 6 nitrogen and oxygen atoms in total. The molecule has 32 heavy (non-hydrogen) atoms. The number of amides is 1. The molecule has 1 unspecified atom stereocenters. The molecule has 0 N–H and O–H groups in total. The summed E-state index contributed by atoms with van der Waals surface area (Å²) in [6.07, 6.45) is -4.98. The molecule has 0 aliphatic rings. The van der Waals surface area contributed by atoms with Gasteiger partial charge in [0.1, 0.15) is 0 Å². The number of ether oxygens (including phenoxy) is 4. The summed E-state index contributed by atoms with van der Waals surface area (Å²) in [5, 5.41) is 2.78. The van der Waals surface area contributed by atoms with Crippen LogP contribution < -0.4 is 18.9 Å². The molecule has 0 saturated carbocycles. The Morgan fingerprint density at radius 2 is 1.47 bits per heavy atom. The van der Waals surface area contributed by atoms with Crippen LogP contribution in [0.25, 0.3) is 21.5 Å². The number of benzene rings is 3. The van der Waals surface area contributed by atoms with Crippen molar-refractivity contribution in [2.45, 2.75) is 19.1 Å². The predicted octanol–water partition coefficient (Wildman–Crippen LogP) is 5.11. The number of carbonyl (C=O) groups excluding carboxylic acids is 1. The zero-order chi connectivity index (χ0) is 23.8. The monoisotopic (exact) mass is 451 g/mol. The molecule has 3 rings (SSSR count). The van der Waals surface area contributed by atoms with Gasteiger partial charge in [-0.3, -0.25) is 4.79 Å². The molecule has 0 fully saturated rings. The van der Waals surface area contributed by atoms with Gasteiger partial charge < -0.3 is 23.8 Å². The largest absolute Gasteiger partial charge is 0.493 e. The van der Waals surface area contributed by atoms with Gasteiger partial charge >= 0.3 is 12.1 Å². The second-order valence-corrected chi connectivity index (χ2v) is 7.21. The zero-order valence-electron chi connectivity index (χ0n) is 18.6. The topological polar surface area (TPSA) is 57.2 Å². The summed E-state index contributed by atoms with van der Waals surface area (Å²) in [4.78, 5) is 12.5. The molecular formula is C23H24F3NO5. The number of halogens is 3. The van der Waals surface area contributed by atoms with Crippen molar-refractivity contribution in [3.05, 3.63) is 35.9 Å². The van der Waals surface area contributed by atoms with Gasteiger partial charge in [0.2, 0.25) is 0 Å². The SMILES string of the molecule is COc1cc2ccc3c(C(C)N(C)C(=O)C(F)(F)F)cc(OC)c(OC)c3c2cc1OC. The Hall–Kier alpha value is -3.36. The molecule has 172 valence electrons. The van der Waals surface area contributed by atoms with Crippen molar-refractivity contribution in [2.24, 2.45) is 0 Å². The molecule has 0 radical (unpaired) electrons. The van der Waals surface area contributed by atoms with Crippen LogP contribution >= 0.6 is 0 Å². The lowest BCUT2D eigenvalue weighted by molar-refractivity contribution is -0.186. The number of rotatable bonds is 6. The summed E-state index contributed by atoms with van der Waals surface area (Å²) < 4.78 is 61.1. The van der Waals surface area contributed by atoms with E-state index in [-0.39, 0.29) is 0 Å². The van der Waals surface area contributed by atoms with Gasteiger partial charge in [0.05, 0.1) is 34.5 Å². The van der Waals surface area contributed by atoms with Crippen LogP contribution in [0.3, 0.4) is 0 Å². The van der Waals surface area contributed by atoms with E-state index in [1.807, 2.05) is 6.07 Å². The fraction of sp³-hybridized carbons (Fsp3) is 0.348. The zero-order valence-corrected chi connectivity index (χ0v) is 18.6. The standard InChI is InChI=1S/C23H24F3NO5/c1-12(27(2)22(28)23(24,25)26)15-10-19(31-5)21(32-6)20-14(15)8-7-13-9-17(29-3)18(30-4)11-16(13)20/h7-12H,1-6H3. The molecule has 1 amide bonds. The van der Waals surface area contributed by atoms with E-state index in [0.29, 0.717) is 44.2 Å². The number of alkyl halides is 3. The van der Waals surface area contributed by atoms with Crippen molar-refractivity contribution in [1.29, 1.82) is 0 Å². The first-order valence-corrected chi connectivity index (χ1v) is 9.66. The highest BCUT2D eigenvalue weighted by molar-refractivity contribution is 6.13. The highest BCUT2D eigenvalue weighted by atomic mass is 19.4. The van der Waals surface area contributed by atoms with Crippen LogP contribution in [0.5, 0.6) is 23.0 Å². The number of methoxy groups -OCH3 is 4. The summed E-state index contributed by atoms with van der Waals surface area (Å²) in [5.41, 5.74) is 0.481. The fourth-order valence-electron chi connectivity index (χ4n) is 3.83. The Labute approximate surface area is 183 Å². The van der Waals surface area contributed by atoms with E-state index in [9.17, 15) is 18.0 Å². The third kappa shape index (κ3) is 3.83. The van der Waals surface area contributed by atoms with Gasteiger partial charge in [-0.1, -0.05) is 12.1 Å². The normalized spacial score (nSPS) is 12.5. The molecule has 0 saturated heterocycles. The minimum absolute atomic E-state index is 0.331. The Bertz CT molecular complexity index is 1180. The second kappa shape index (κ2) is 8.64. The van der Waals surface area contributed by atoms with Gasteiger partial charge in [-0.25, -0.2) is 0 Å². The quantitative estimate of drug-likeness (QED) is 0.488. The first-order valence-electron chi connectivity index (χ1n) is 9.66. The van der Waals surface area contributed by atoms with Crippen molar-refractivity contribution in [1.82, 2.24) is 4.90 Å². The highest BCUT2D eigenvalue weighted by Gasteiger charge is 2.43. The van der Waals surface area contributed by atoms with Gasteiger partial charge in [-0.2, -0.15) is 13.2 Å². The second-order valence-electron chi connectivity index (χ2n) is 7.21. The molecule has 1 atom stereocenters. The molecule has 3 aromatic carbocycles. The van der Waals surface area contributed by atoms with Crippen LogP contribution in [0.15, 0.2) is 30.3 Å². The van der Waals surface area contributed by atoms with E-state index in [4.69, 9.17) is 18.9 Å². The Kier molecular flexibility index (Phi) is 6.29. The van der Waals surface area contributed by atoms with Crippen LogP contribution in [0.1, 0.15) is 18.5 Å². The van der Waals surface area contributed by atoms with Crippen LogP contribution in [0.2, 0.25) is 0 Å². The third-order valence-corrected chi connectivity index (χ3v) is 5.59. The molecule has 3 aromatic rings. The third-order valence-electron chi connectivity index (χ3n) is 5.59. The van der Waals surface area contributed by atoms with E-state index >= 15 is 0 Å². The molecule has 0 aliphatic heterocycles. The Morgan fingerprint density at radius 1 is 0.875 bits per heavy atom. The minimum atomic E-state index is -4.98. The first-order chi connectivity index (χ1) is 15.1. The maximum atomic E-state index is 13.1. The molecule has 0 aromatic heterocycles. The number of carbonyl (C=O) groups is 1. The lowest BCUT2D eigenvalue weighted by atomic mass is 9.93. The highest BCUT2D eigenvalue weighted by Crippen LogP contribution is 2.46. The lowest BCUT2D eigenvalue weighted by Gasteiger charge is -2.28. The smallest absolute Gasteiger partial charge is 0.471 e. The molecule has 0 heterocycles. The average molecular weight is 451 g/mol. The summed E-state index contributed by atoms with van der Waals surface area (Å²) >= 11 is 0. The van der Waals surface area contributed by atoms with Crippen LogP contribution in [0.4, 0.5) is 13.2 Å². The fourth-order valence-corrected chi connectivity index (χ4v) is 3.83. The van der Waals surface area contributed by atoms with Crippen molar-refractivity contribution < 1.29 is 36.9 Å². The first kappa shape index (κ1) is 23.3. The molecule has 0 aliphatic carbocycles. The molecular weight excluding hydrogens is 427 g/mol. The van der Waals surface area contributed by atoms with Crippen molar-refractivity contribution in [2.75, 3.05) is 35.5 Å². The minimum Gasteiger partial charge on any atom is -0.493 e.